The van der Waals surface area contributed by atoms with Crippen molar-refractivity contribution in [3.63, 3.8) is 0 Å². The Hall–Kier alpha value is 0.640. The molecule has 2 aliphatic carbocycles. The third kappa shape index (κ3) is 16.8. The van der Waals surface area contributed by atoms with Gasteiger partial charge in [-0.1, -0.05) is 53.4 Å². The van der Waals surface area contributed by atoms with Gasteiger partial charge in [-0.2, -0.15) is 11.1 Å². The van der Waals surface area contributed by atoms with E-state index in [-0.39, 0.29) is 30.2 Å². The largest absolute Gasteiger partial charge is 1.00 e. The van der Waals surface area contributed by atoms with Crippen LogP contribution in [0.5, 0.6) is 0 Å². The molecule has 0 nitrogen and oxygen atoms in total. The van der Waals surface area contributed by atoms with Gasteiger partial charge in [0.1, 0.15) is 0 Å². The fourth-order valence-corrected chi connectivity index (χ4v) is 2.57. The molecule has 2 aliphatic rings. The van der Waals surface area contributed by atoms with Crippen LogP contribution in [-0.2, 0) is 23.3 Å². The van der Waals surface area contributed by atoms with Crippen molar-refractivity contribution in [3.05, 3.63) is 46.6 Å². The minimum absolute atomic E-state index is 0. The number of allylic oxidation sites excluding steroid dienone is 8. The van der Waals surface area contributed by atoms with Gasteiger partial charge in [0.25, 0.3) is 0 Å². The fraction of sp³-hybridized carbons (Fsp3) is 0.636. The van der Waals surface area contributed by atoms with Gasteiger partial charge in [0.15, 0.2) is 0 Å². The average molecular weight is 491 g/mol. The van der Waals surface area contributed by atoms with E-state index >= 15 is 0 Å². The van der Waals surface area contributed by atoms with Crippen LogP contribution < -0.4 is 24.8 Å². The van der Waals surface area contributed by atoms with Crippen molar-refractivity contribution in [3.8, 4) is 0 Å². The van der Waals surface area contributed by atoms with Gasteiger partial charge in [-0.05, 0) is 12.8 Å². The molecule has 2 rings (SSSR count). The van der Waals surface area contributed by atoms with Crippen molar-refractivity contribution in [2.45, 2.75) is 92.2 Å². The third-order valence-corrected chi connectivity index (χ3v) is 3.75. The summed E-state index contributed by atoms with van der Waals surface area (Å²) in [6, 6.07) is 0. The van der Waals surface area contributed by atoms with E-state index in [4.69, 9.17) is 0 Å². The van der Waals surface area contributed by atoms with Crippen molar-refractivity contribution in [2.75, 3.05) is 0 Å². The van der Waals surface area contributed by atoms with E-state index in [0.717, 1.165) is 25.7 Å². The Labute approximate surface area is 191 Å². The average Bonchev–Trinajstić information content (AvgIpc) is 3.17. The van der Waals surface area contributed by atoms with Gasteiger partial charge >= 0.3 is 41.9 Å². The van der Waals surface area contributed by atoms with Gasteiger partial charge in [-0.25, -0.2) is 23.3 Å². The minimum atomic E-state index is 0. The summed E-state index contributed by atoms with van der Waals surface area (Å²) in [4.78, 5) is 0. The topological polar surface area (TPSA) is 0 Å². The van der Waals surface area contributed by atoms with E-state index in [0.29, 0.717) is 0 Å². The number of halogens is 2. The van der Waals surface area contributed by atoms with Gasteiger partial charge < -0.3 is 24.8 Å². The molecule has 0 amide bonds. The molecule has 0 aromatic carbocycles. The van der Waals surface area contributed by atoms with E-state index in [1.54, 1.807) is 34.5 Å². The molecule has 4 heteroatoms. The van der Waals surface area contributed by atoms with Gasteiger partial charge in [-0.3, -0.25) is 12.2 Å². The molecule has 0 aromatic heterocycles. The number of hydrogen-bond acceptors (Lipinski definition) is 0. The Bertz CT molecular complexity index is 458. The number of rotatable bonds is 6. The summed E-state index contributed by atoms with van der Waals surface area (Å²) in [6.45, 7) is 13.4. The molecule has 0 heterocycles. The normalized spacial score (nSPS) is 14.2. The second-order valence-corrected chi connectivity index (χ2v) is 15.9. The predicted octanol–water partition coefficient (Wildman–Crippen LogP) is 1.30. The summed E-state index contributed by atoms with van der Waals surface area (Å²) in [5.41, 5.74) is 6.16. The Kier molecular flexibility index (Phi) is 24.6. The molecule has 0 bridgehead atoms. The van der Waals surface area contributed by atoms with Crippen LogP contribution in [0, 0.1) is 12.2 Å². The second-order valence-electron chi connectivity index (χ2n) is 6.57. The smallest absolute Gasteiger partial charge is 1.00 e. The minimum Gasteiger partial charge on any atom is -1.00 e. The van der Waals surface area contributed by atoms with Crippen molar-refractivity contribution in [1.82, 2.24) is 0 Å². The summed E-state index contributed by atoms with van der Waals surface area (Å²) in [5.74, 6) is 0. The molecule has 0 N–H and O–H groups in total. The SMILES string of the molecule is CCCC1=CC(CC)=[C-]C1.CCCC1=CC(CC)=[C-]C1.C[Si](C)=[Zr+2].[Cl-].[Cl-]. The van der Waals surface area contributed by atoms with Crippen LogP contribution in [0.25, 0.3) is 0 Å². The Morgan fingerprint density at radius 3 is 1.31 bits per heavy atom. The van der Waals surface area contributed by atoms with E-state index < -0.39 is 0 Å². The van der Waals surface area contributed by atoms with Crippen molar-refractivity contribution < 1.29 is 48.1 Å². The standard InChI is InChI=1S/2C10H15.C2H6Si.2ClH.Zr/c2*1-3-5-10-7-6-9(4-2)8-10;1-3-2;;;/h2*8H,3-5,7H2,1-2H3;1-2H3;2*1H;/q2*-1;;;;+2/p-2. The molecule has 0 unspecified atom stereocenters. The molecular formula is C22H36Cl2SiZr-2. The molecule has 0 fully saturated rings. The molecule has 0 radical (unpaired) electrons. The second kappa shape index (κ2) is 20.4. The first kappa shape index (κ1) is 31.3. The molecular weight excluding hydrogens is 454 g/mol. The molecule has 148 valence electrons. The molecule has 0 atom stereocenters. The summed E-state index contributed by atoms with van der Waals surface area (Å²) in [7, 11) is 0. The first-order chi connectivity index (χ1) is 11.5. The van der Waals surface area contributed by atoms with E-state index in [2.05, 4.69) is 65.1 Å². The van der Waals surface area contributed by atoms with Gasteiger partial charge in [-0.15, -0.1) is 12.8 Å². The van der Waals surface area contributed by atoms with Gasteiger partial charge in [0.05, 0.1) is 0 Å². The Morgan fingerprint density at radius 1 is 0.808 bits per heavy atom. The molecule has 0 aromatic rings. The molecule has 0 saturated heterocycles. The van der Waals surface area contributed by atoms with Gasteiger partial charge in [0.2, 0.25) is 0 Å². The maximum atomic E-state index is 3.37. The Balaban J connectivity index is -0.000000319. The van der Waals surface area contributed by atoms with Crippen molar-refractivity contribution in [2.24, 2.45) is 0 Å². The molecule has 0 saturated carbocycles. The molecule has 0 aliphatic heterocycles. The first-order valence-electron chi connectivity index (χ1n) is 9.56. The van der Waals surface area contributed by atoms with Crippen molar-refractivity contribution >= 4 is 5.43 Å². The molecule has 26 heavy (non-hydrogen) atoms. The van der Waals surface area contributed by atoms with E-state index in [1.165, 1.54) is 36.8 Å². The van der Waals surface area contributed by atoms with E-state index in [1.807, 2.05) is 0 Å². The van der Waals surface area contributed by atoms with Gasteiger partial charge in [0, 0.05) is 0 Å². The zero-order valence-electron chi connectivity index (χ0n) is 17.6. The fourth-order valence-electron chi connectivity index (χ4n) is 2.57. The predicted molar refractivity (Wildman–Crippen MR) is 107 cm³/mol. The van der Waals surface area contributed by atoms with Crippen LogP contribution in [0.15, 0.2) is 34.4 Å². The monoisotopic (exact) mass is 488 g/mol. The van der Waals surface area contributed by atoms with Crippen LogP contribution in [0.1, 0.15) is 79.1 Å². The maximum Gasteiger partial charge on any atom is -1.00 e. The summed E-state index contributed by atoms with van der Waals surface area (Å²) >= 11 is 1.74. The molecule has 0 spiro atoms. The van der Waals surface area contributed by atoms with Crippen LogP contribution >= 0.6 is 0 Å². The van der Waals surface area contributed by atoms with E-state index in [9.17, 15) is 0 Å². The Morgan fingerprint density at radius 2 is 1.12 bits per heavy atom. The summed E-state index contributed by atoms with van der Waals surface area (Å²) in [6.07, 6.45) is 20.9. The van der Waals surface area contributed by atoms with Crippen LogP contribution in [0.3, 0.4) is 0 Å². The summed E-state index contributed by atoms with van der Waals surface area (Å²) < 4.78 is 0. The first-order valence-corrected chi connectivity index (χ1v) is 15.7. The van der Waals surface area contributed by atoms with Crippen LogP contribution in [0.2, 0.25) is 13.1 Å². The van der Waals surface area contributed by atoms with Crippen LogP contribution in [-0.4, -0.2) is 5.43 Å². The number of hydrogen-bond donors (Lipinski definition) is 0. The van der Waals surface area contributed by atoms with Crippen LogP contribution in [0.4, 0.5) is 0 Å². The maximum absolute atomic E-state index is 3.37. The summed E-state index contributed by atoms with van der Waals surface area (Å²) in [5, 5.41) is 0. The third-order valence-electron chi connectivity index (χ3n) is 3.75. The zero-order valence-corrected chi connectivity index (χ0v) is 22.5. The quantitative estimate of drug-likeness (QED) is 0.389. The zero-order chi connectivity index (χ0) is 18.4. The van der Waals surface area contributed by atoms with Crippen molar-refractivity contribution in [1.29, 1.82) is 0 Å².